The van der Waals surface area contributed by atoms with Crippen molar-refractivity contribution in [1.29, 1.82) is 0 Å². The number of hydrogen-bond acceptors (Lipinski definition) is 4. The van der Waals surface area contributed by atoms with Crippen LogP contribution < -0.4 is 9.80 Å². The molecule has 3 heterocycles. The lowest BCUT2D eigenvalue weighted by Crippen LogP contribution is -2.48. The number of carbonyl (C=O) groups excluding carboxylic acids is 1. The summed E-state index contributed by atoms with van der Waals surface area (Å²) < 4.78 is 0. The molecule has 0 saturated carbocycles. The Balaban J connectivity index is 1.41. The quantitative estimate of drug-likeness (QED) is 0.831. The minimum absolute atomic E-state index is 0.0608. The fraction of sp³-hybridized carbons (Fsp3) is 0.400. The Morgan fingerprint density at radius 2 is 1.73 bits per heavy atom. The number of benzene rings is 1. The molecule has 0 radical (unpaired) electrons. The van der Waals surface area contributed by atoms with Gasteiger partial charge in [0.1, 0.15) is 0 Å². The molecule has 6 heteroatoms. The summed E-state index contributed by atoms with van der Waals surface area (Å²) in [5.41, 5.74) is 2.83. The molecule has 0 atom stereocenters. The Labute approximate surface area is 159 Å². The predicted molar refractivity (Wildman–Crippen MR) is 105 cm³/mol. The number of amides is 1. The zero-order valence-electron chi connectivity index (χ0n) is 14.8. The largest absolute Gasteiger partial charge is 0.370 e. The van der Waals surface area contributed by atoms with Crippen molar-refractivity contribution in [2.75, 3.05) is 49.1 Å². The molecule has 2 aliphatic rings. The lowest BCUT2D eigenvalue weighted by Gasteiger charge is -2.36. The van der Waals surface area contributed by atoms with Crippen LogP contribution in [0.5, 0.6) is 0 Å². The van der Waals surface area contributed by atoms with Crippen molar-refractivity contribution in [3.63, 3.8) is 0 Å². The molecule has 26 heavy (non-hydrogen) atoms. The van der Waals surface area contributed by atoms with E-state index in [-0.39, 0.29) is 5.91 Å². The topological polar surface area (TPSA) is 39.7 Å². The molecule has 0 bridgehead atoms. The molecule has 2 fully saturated rings. The Morgan fingerprint density at radius 1 is 0.962 bits per heavy atom. The first-order chi connectivity index (χ1) is 12.7. The molecule has 4 rings (SSSR count). The van der Waals surface area contributed by atoms with Gasteiger partial charge in [-0.25, -0.2) is 0 Å². The minimum Gasteiger partial charge on any atom is -0.370 e. The van der Waals surface area contributed by atoms with Crippen LogP contribution in [-0.4, -0.2) is 55.1 Å². The maximum Gasteiger partial charge on any atom is 0.254 e. The third-order valence-electron chi connectivity index (χ3n) is 5.22. The highest BCUT2D eigenvalue weighted by Crippen LogP contribution is 2.30. The first kappa shape index (κ1) is 17.2. The normalized spacial score (nSPS) is 17.7. The zero-order valence-corrected chi connectivity index (χ0v) is 15.5. The molecule has 1 amide bonds. The van der Waals surface area contributed by atoms with Crippen LogP contribution in [0.2, 0.25) is 5.02 Å². The molecule has 5 nitrogen and oxygen atoms in total. The second-order valence-corrected chi connectivity index (χ2v) is 7.26. The fourth-order valence-corrected chi connectivity index (χ4v) is 4.05. The number of pyridine rings is 1. The van der Waals surface area contributed by atoms with Crippen LogP contribution in [-0.2, 0) is 0 Å². The standard InChI is InChI=1S/C20H23ClN4O/c21-18-14-16(5-6-19(18)24-8-1-2-9-24)20(26)25-12-10-23(11-13-25)17-4-3-7-22-15-17/h3-7,14-15H,1-2,8-13H2. The Hall–Kier alpha value is -2.27. The maximum absolute atomic E-state index is 12.9. The summed E-state index contributed by atoms with van der Waals surface area (Å²) in [6, 6.07) is 9.73. The van der Waals surface area contributed by atoms with Gasteiger partial charge in [0.05, 0.1) is 22.6 Å². The monoisotopic (exact) mass is 370 g/mol. The summed E-state index contributed by atoms with van der Waals surface area (Å²) in [7, 11) is 0. The highest BCUT2D eigenvalue weighted by Gasteiger charge is 2.23. The van der Waals surface area contributed by atoms with E-state index < -0.39 is 0 Å². The molecule has 0 N–H and O–H groups in total. The van der Waals surface area contributed by atoms with Crippen molar-refractivity contribution < 1.29 is 4.79 Å². The van der Waals surface area contributed by atoms with E-state index in [1.165, 1.54) is 12.8 Å². The van der Waals surface area contributed by atoms with Crippen molar-refractivity contribution >= 4 is 28.9 Å². The highest BCUT2D eigenvalue weighted by molar-refractivity contribution is 6.33. The average molecular weight is 371 g/mol. The molecule has 2 aliphatic heterocycles. The minimum atomic E-state index is 0.0608. The van der Waals surface area contributed by atoms with E-state index in [1.54, 1.807) is 6.20 Å². The van der Waals surface area contributed by atoms with E-state index in [4.69, 9.17) is 11.6 Å². The van der Waals surface area contributed by atoms with Crippen molar-refractivity contribution in [1.82, 2.24) is 9.88 Å². The van der Waals surface area contributed by atoms with E-state index in [0.717, 1.165) is 37.6 Å². The van der Waals surface area contributed by atoms with Gasteiger partial charge < -0.3 is 14.7 Å². The van der Waals surface area contributed by atoms with E-state index in [9.17, 15) is 4.79 Å². The van der Waals surface area contributed by atoms with Crippen molar-refractivity contribution in [3.8, 4) is 0 Å². The van der Waals surface area contributed by atoms with E-state index in [1.807, 2.05) is 35.4 Å². The predicted octanol–water partition coefficient (Wildman–Crippen LogP) is 3.30. The summed E-state index contributed by atoms with van der Waals surface area (Å²) in [6.45, 7) is 5.14. The molecule has 0 spiro atoms. The van der Waals surface area contributed by atoms with Crippen molar-refractivity contribution in [2.45, 2.75) is 12.8 Å². The molecular formula is C20H23ClN4O. The van der Waals surface area contributed by atoms with Crippen molar-refractivity contribution in [3.05, 3.63) is 53.3 Å². The summed E-state index contributed by atoms with van der Waals surface area (Å²) in [5, 5.41) is 0.673. The van der Waals surface area contributed by atoms with Crippen LogP contribution in [0, 0.1) is 0 Å². The van der Waals surface area contributed by atoms with Gasteiger partial charge in [-0.15, -0.1) is 0 Å². The van der Waals surface area contributed by atoms with Crippen LogP contribution in [0.1, 0.15) is 23.2 Å². The van der Waals surface area contributed by atoms with E-state index in [2.05, 4.69) is 20.9 Å². The number of anilines is 2. The van der Waals surface area contributed by atoms with Gasteiger partial charge in [0, 0.05) is 51.0 Å². The second kappa shape index (κ2) is 7.54. The van der Waals surface area contributed by atoms with Crippen molar-refractivity contribution in [2.24, 2.45) is 0 Å². The molecular weight excluding hydrogens is 348 g/mol. The smallest absolute Gasteiger partial charge is 0.254 e. The van der Waals surface area contributed by atoms with Gasteiger partial charge in [0.2, 0.25) is 0 Å². The van der Waals surface area contributed by atoms with Gasteiger partial charge in [-0.05, 0) is 43.2 Å². The molecule has 2 aromatic rings. The first-order valence-electron chi connectivity index (χ1n) is 9.21. The third kappa shape index (κ3) is 3.49. The van der Waals surface area contributed by atoms with Crippen LogP contribution in [0.4, 0.5) is 11.4 Å². The average Bonchev–Trinajstić information content (AvgIpc) is 3.22. The number of halogens is 1. The third-order valence-corrected chi connectivity index (χ3v) is 5.52. The van der Waals surface area contributed by atoms with E-state index >= 15 is 0 Å². The first-order valence-corrected chi connectivity index (χ1v) is 9.59. The Morgan fingerprint density at radius 3 is 2.38 bits per heavy atom. The summed E-state index contributed by atoms with van der Waals surface area (Å²) in [4.78, 5) is 23.5. The zero-order chi connectivity index (χ0) is 17.9. The molecule has 0 aliphatic carbocycles. The number of aromatic nitrogens is 1. The molecule has 2 saturated heterocycles. The number of carbonyl (C=O) groups is 1. The van der Waals surface area contributed by atoms with Crippen LogP contribution in [0.15, 0.2) is 42.7 Å². The summed E-state index contributed by atoms with van der Waals surface area (Å²) in [6.07, 6.45) is 6.06. The fourth-order valence-electron chi connectivity index (χ4n) is 3.75. The summed E-state index contributed by atoms with van der Waals surface area (Å²) in [5.74, 6) is 0.0608. The molecule has 1 aromatic carbocycles. The molecule has 136 valence electrons. The van der Waals surface area contributed by atoms with Gasteiger partial charge in [-0.3, -0.25) is 9.78 Å². The molecule has 1 aromatic heterocycles. The SMILES string of the molecule is O=C(c1ccc(N2CCCC2)c(Cl)c1)N1CCN(c2cccnc2)CC1. The van der Waals surface area contributed by atoms with Gasteiger partial charge in [-0.1, -0.05) is 11.6 Å². The number of piperazine rings is 1. The highest BCUT2D eigenvalue weighted by atomic mass is 35.5. The number of nitrogens with zero attached hydrogens (tertiary/aromatic N) is 4. The van der Waals surface area contributed by atoms with Gasteiger partial charge >= 0.3 is 0 Å². The van der Waals surface area contributed by atoms with Crippen LogP contribution in [0.25, 0.3) is 0 Å². The lowest BCUT2D eigenvalue weighted by molar-refractivity contribution is 0.0747. The van der Waals surface area contributed by atoms with Gasteiger partial charge in [0.15, 0.2) is 0 Å². The second-order valence-electron chi connectivity index (χ2n) is 6.85. The Kier molecular flexibility index (Phi) is 4.98. The summed E-state index contributed by atoms with van der Waals surface area (Å²) >= 11 is 6.47. The van der Waals surface area contributed by atoms with Crippen LogP contribution in [0.3, 0.4) is 0 Å². The molecule has 0 unspecified atom stereocenters. The van der Waals surface area contributed by atoms with Gasteiger partial charge in [0.25, 0.3) is 5.91 Å². The van der Waals surface area contributed by atoms with Crippen LogP contribution >= 0.6 is 11.6 Å². The van der Waals surface area contributed by atoms with E-state index in [0.29, 0.717) is 23.7 Å². The Bertz CT molecular complexity index is 769. The number of rotatable bonds is 3. The van der Waals surface area contributed by atoms with Gasteiger partial charge in [-0.2, -0.15) is 0 Å². The maximum atomic E-state index is 12.9. The lowest BCUT2D eigenvalue weighted by atomic mass is 10.1. The number of hydrogen-bond donors (Lipinski definition) is 0.